The summed E-state index contributed by atoms with van der Waals surface area (Å²) in [7, 11) is 0. The van der Waals surface area contributed by atoms with Gasteiger partial charge in [-0.15, -0.1) is 0 Å². The maximum Gasteiger partial charge on any atom is 0.104 e. The first-order valence-corrected chi connectivity index (χ1v) is 6.61. The van der Waals surface area contributed by atoms with Gasteiger partial charge in [0.1, 0.15) is 6.10 Å². The van der Waals surface area contributed by atoms with Crippen LogP contribution in [0.2, 0.25) is 0 Å². The second-order valence-electron chi connectivity index (χ2n) is 5.04. The van der Waals surface area contributed by atoms with Gasteiger partial charge in [-0.25, -0.2) is 0 Å². The van der Waals surface area contributed by atoms with Crippen molar-refractivity contribution in [3.63, 3.8) is 0 Å². The van der Waals surface area contributed by atoms with E-state index in [9.17, 15) is 5.11 Å². The summed E-state index contributed by atoms with van der Waals surface area (Å²) in [6.07, 6.45) is 1.11. The summed E-state index contributed by atoms with van der Waals surface area (Å²) in [6, 6.07) is 13.6. The highest BCUT2D eigenvalue weighted by molar-refractivity contribution is 5.79. The van der Waals surface area contributed by atoms with Crippen molar-refractivity contribution >= 4 is 10.9 Å². The molecule has 0 saturated carbocycles. The Balaban J connectivity index is 2.05. The lowest BCUT2D eigenvalue weighted by Gasteiger charge is -2.13. The number of rotatable bonds is 2. The maximum absolute atomic E-state index is 10.5. The topological polar surface area (TPSA) is 46.0 Å². The van der Waals surface area contributed by atoms with Gasteiger partial charge < -0.3 is 5.11 Å². The number of aromatic nitrogens is 2. The lowest BCUT2D eigenvalue weighted by molar-refractivity contribution is 0.220. The highest BCUT2D eigenvalue weighted by Crippen LogP contribution is 2.25. The second-order valence-corrected chi connectivity index (χ2v) is 5.04. The van der Waals surface area contributed by atoms with Gasteiger partial charge in [-0.2, -0.15) is 0 Å². The quantitative estimate of drug-likeness (QED) is 0.772. The molecule has 0 aliphatic carbocycles. The van der Waals surface area contributed by atoms with Crippen LogP contribution in [-0.4, -0.2) is 15.1 Å². The van der Waals surface area contributed by atoms with Gasteiger partial charge in [0, 0.05) is 23.0 Å². The number of hydrogen-bond acceptors (Lipinski definition) is 3. The minimum Gasteiger partial charge on any atom is -0.384 e. The minimum atomic E-state index is -0.651. The van der Waals surface area contributed by atoms with Gasteiger partial charge in [-0.3, -0.25) is 9.97 Å². The van der Waals surface area contributed by atoms with Crippen LogP contribution in [0.5, 0.6) is 0 Å². The van der Waals surface area contributed by atoms with Gasteiger partial charge in [0.05, 0.1) is 5.52 Å². The molecule has 0 fully saturated rings. The first kappa shape index (κ1) is 12.8. The summed E-state index contributed by atoms with van der Waals surface area (Å²) in [6.45, 7) is 3.87. The highest BCUT2D eigenvalue weighted by atomic mass is 16.3. The molecule has 1 aromatic carbocycles. The third kappa shape index (κ3) is 2.40. The number of nitrogens with zero attached hydrogens (tertiary/aromatic N) is 2. The molecule has 0 radical (unpaired) electrons. The van der Waals surface area contributed by atoms with Gasteiger partial charge in [-0.1, -0.05) is 18.2 Å². The van der Waals surface area contributed by atoms with Crippen LogP contribution in [0.15, 0.2) is 48.7 Å². The van der Waals surface area contributed by atoms with Crippen molar-refractivity contribution in [1.82, 2.24) is 9.97 Å². The van der Waals surface area contributed by atoms with E-state index in [0.717, 1.165) is 33.4 Å². The minimum absolute atomic E-state index is 0.651. The van der Waals surface area contributed by atoms with Crippen LogP contribution < -0.4 is 0 Å². The largest absolute Gasteiger partial charge is 0.384 e. The van der Waals surface area contributed by atoms with E-state index in [4.69, 9.17) is 0 Å². The Morgan fingerprint density at radius 1 is 0.950 bits per heavy atom. The van der Waals surface area contributed by atoms with Crippen LogP contribution in [0.4, 0.5) is 0 Å². The fourth-order valence-corrected chi connectivity index (χ4v) is 2.47. The maximum atomic E-state index is 10.5. The molecule has 3 nitrogen and oxygen atoms in total. The zero-order chi connectivity index (χ0) is 14.1. The number of aliphatic hydroxyl groups excluding tert-OH is 1. The van der Waals surface area contributed by atoms with Crippen molar-refractivity contribution in [2.75, 3.05) is 0 Å². The van der Waals surface area contributed by atoms with Crippen molar-refractivity contribution in [1.29, 1.82) is 0 Å². The number of benzene rings is 1. The summed E-state index contributed by atoms with van der Waals surface area (Å²) in [5.41, 5.74) is 4.44. The predicted octanol–water partition coefficient (Wildman–Crippen LogP) is 3.33. The van der Waals surface area contributed by atoms with Crippen LogP contribution >= 0.6 is 0 Å². The third-order valence-electron chi connectivity index (χ3n) is 3.37. The molecular formula is C17H16N2O. The number of hydrogen-bond donors (Lipinski definition) is 1. The molecule has 2 heterocycles. The molecule has 0 saturated heterocycles. The van der Waals surface area contributed by atoms with E-state index >= 15 is 0 Å². The van der Waals surface area contributed by atoms with Crippen LogP contribution in [0.3, 0.4) is 0 Å². The van der Waals surface area contributed by atoms with Crippen molar-refractivity contribution in [2.45, 2.75) is 20.0 Å². The van der Waals surface area contributed by atoms with E-state index in [1.807, 2.05) is 56.3 Å². The Bertz CT molecular complexity index is 748. The molecule has 3 rings (SSSR count). The first-order valence-electron chi connectivity index (χ1n) is 6.61. The smallest absolute Gasteiger partial charge is 0.104 e. The van der Waals surface area contributed by atoms with E-state index in [1.54, 1.807) is 6.20 Å². The molecule has 3 aromatic rings. The summed E-state index contributed by atoms with van der Waals surface area (Å²) in [5.74, 6) is 0. The second kappa shape index (κ2) is 5.02. The number of aliphatic hydroxyl groups is 1. The number of aryl methyl sites for hydroxylation is 2. The van der Waals surface area contributed by atoms with Crippen LogP contribution in [-0.2, 0) is 0 Å². The van der Waals surface area contributed by atoms with E-state index in [0.29, 0.717) is 0 Å². The normalized spacial score (nSPS) is 12.6. The molecular weight excluding hydrogens is 248 g/mol. The van der Waals surface area contributed by atoms with Gasteiger partial charge >= 0.3 is 0 Å². The van der Waals surface area contributed by atoms with Gasteiger partial charge in [0.15, 0.2) is 0 Å². The molecule has 0 aliphatic heterocycles. The van der Waals surface area contributed by atoms with Crippen LogP contribution in [0, 0.1) is 13.8 Å². The standard InChI is InChI=1S/C17H16N2O/c1-11-8-15(9-12(2)19-11)17(20)14-6-5-13-4-3-7-18-16(13)10-14/h3-10,17,20H,1-2H3. The van der Waals surface area contributed by atoms with Gasteiger partial charge in [0.25, 0.3) is 0 Å². The van der Waals surface area contributed by atoms with E-state index in [2.05, 4.69) is 9.97 Å². The molecule has 1 unspecified atom stereocenters. The number of fused-ring (bicyclic) bond motifs is 1. The zero-order valence-electron chi connectivity index (χ0n) is 11.5. The van der Waals surface area contributed by atoms with Crippen molar-refractivity contribution in [2.24, 2.45) is 0 Å². The van der Waals surface area contributed by atoms with Gasteiger partial charge in [-0.05, 0) is 49.2 Å². The Hall–Kier alpha value is -2.26. The number of pyridine rings is 2. The van der Waals surface area contributed by atoms with Gasteiger partial charge in [0.2, 0.25) is 0 Å². The molecule has 100 valence electrons. The average Bonchev–Trinajstić information content (AvgIpc) is 2.45. The molecule has 1 atom stereocenters. The molecule has 0 bridgehead atoms. The van der Waals surface area contributed by atoms with E-state index in [-0.39, 0.29) is 0 Å². The lowest BCUT2D eigenvalue weighted by atomic mass is 10.00. The molecule has 0 spiro atoms. The molecule has 0 amide bonds. The molecule has 0 aliphatic rings. The molecule has 1 N–H and O–H groups in total. The summed E-state index contributed by atoms with van der Waals surface area (Å²) in [4.78, 5) is 8.67. The lowest BCUT2D eigenvalue weighted by Crippen LogP contribution is -2.02. The average molecular weight is 264 g/mol. The fourth-order valence-electron chi connectivity index (χ4n) is 2.47. The summed E-state index contributed by atoms with van der Waals surface area (Å²) < 4.78 is 0. The van der Waals surface area contributed by atoms with Crippen molar-refractivity contribution in [3.05, 3.63) is 71.2 Å². The Morgan fingerprint density at radius 2 is 1.70 bits per heavy atom. The van der Waals surface area contributed by atoms with Crippen molar-refractivity contribution < 1.29 is 5.11 Å². The third-order valence-corrected chi connectivity index (χ3v) is 3.37. The Kier molecular flexibility index (Phi) is 3.20. The van der Waals surface area contributed by atoms with E-state index < -0.39 is 6.10 Å². The zero-order valence-corrected chi connectivity index (χ0v) is 11.5. The predicted molar refractivity (Wildman–Crippen MR) is 79.5 cm³/mol. The van der Waals surface area contributed by atoms with E-state index in [1.165, 1.54) is 0 Å². The monoisotopic (exact) mass is 264 g/mol. The SMILES string of the molecule is Cc1cc(C(O)c2ccc3cccnc3c2)cc(C)n1. The highest BCUT2D eigenvalue weighted by Gasteiger charge is 2.12. The van der Waals surface area contributed by atoms with Crippen LogP contribution in [0.1, 0.15) is 28.6 Å². The Morgan fingerprint density at radius 3 is 2.45 bits per heavy atom. The first-order chi connectivity index (χ1) is 9.63. The fraction of sp³-hybridized carbons (Fsp3) is 0.176. The molecule has 3 heteroatoms. The van der Waals surface area contributed by atoms with Crippen LogP contribution in [0.25, 0.3) is 10.9 Å². The Labute approximate surface area is 117 Å². The summed E-state index contributed by atoms with van der Waals surface area (Å²) in [5, 5.41) is 11.6. The van der Waals surface area contributed by atoms with Crippen molar-refractivity contribution in [3.8, 4) is 0 Å². The molecule has 2 aromatic heterocycles. The molecule has 20 heavy (non-hydrogen) atoms. The summed E-state index contributed by atoms with van der Waals surface area (Å²) >= 11 is 0.